The molecule has 0 aromatic carbocycles. The van der Waals surface area contributed by atoms with Crippen molar-refractivity contribution in [3.8, 4) is 0 Å². The fourth-order valence-electron chi connectivity index (χ4n) is 2.86. The zero-order chi connectivity index (χ0) is 15.3. The molecule has 3 atom stereocenters. The van der Waals surface area contributed by atoms with Crippen molar-refractivity contribution in [1.82, 2.24) is 5.32 Å². The molecule has 0 heterocycles. The molecular weight excluding hydrogens is 256 g/mol. The SMILES string of the molecule is CC(C)(C)C(CC(=O)O)NC(=O)C1CCCCC1CN. The molecule has 0 aliphatic heterocycles. The lowest BCUT2D eigenvalue weighted by Crippen LogP contribution is -2.49. The predicted molar refractivity (Wildman–Crippen MR) is 78.1 cm³/mol. The molecule has 1 saturated carbocycles. The minimum absolute atomic E-state index is 0.0266. The van der Waals surface area contributed by atoms with Gasteiger partial charge in [0.2, 0.25) is 5.91 Å². The lowest BCUT2D eigenvalue weighted by Gasteiger charge is -2.35. The van der Waals surface area contributed by atoms with E-state index in [0.717, 1.165) is 25.7 Å². The topological polar surface area (TPSA) is 92.4 Å². The van der Waals surface area contributed by atoms with Crippen molar-refractivity contribution in [3.63, 3.8) is 0 Å². The van der Waals surface area contributed by atoms with Gasteiger partial charge >= 0.3 is 5.97 Å². The third-order valence-electron chi connectivity index (χ3n) is 4.29. The average molecular weight is 284 g/mol. The van der Waals surface area contributed by atoms with E-state index in [1.54, 1.807) is 0 Å². The van der Waals surface area contributed by atoms with Crippen LogP contribution in [-0.2, 0) is 9.59 Å². The largest absolute Gasteiger partial charge is 0.481 e. The maximum atomic E-state index is 12.4. The number of carboxylic acids is 1. The molecule has 1 fully saturated rings. The lowest BCUT2D eigenvalue weighted by molar-refractivity contribution is -0.139. The number of aliphatic carboxylic acids is 1. The average Bonchev–Trinajstić information content (AvgIpc) is 2.36. The van der Waals surface area contributed by atoms with Crippen molar-refractivity contribution in [3.05, 3.63) is 0 Å². The molecular formula is C15H28N2O3. The van der Waals surface area contributed by atoms with Gasteiger partial charge < -0.3 is 16.2 Å². The zero-order valence-corrected chi connectivity index (χ0v) is 12.8. The molecule has 0 saturated heterocycles. The van der Waals surface area contributed by atoms with Gasteiger partial charge in [0.1, 0.15) is 0 Å². The molecule has 5 nitrogen and oxygen atoms in total. The normalized spacial score (nSPS) is 25.0. The van der Waals surface area contributed by atoms with Gasteiger partial charge in [0.25, 0.3) is 0 Å². The molecule has 0 bridgehead atoms. The number of carbonyl (C=O) groups excluding carboxylic acids is 1. The summed E-state index contributed by atoms with van der Waals surface area (Å²) >= 11 is 0. The summed E-state index contributed by atoms with van der Waals surface area (Å²) in [7, 11) is 0. The Morgan fingerprint density at radius 2 is 1.90 bits per heavy atom. The second-order valence-electron chi connectivity index (χ2n) is 6.91. The van der Waals surface area contributed by atoms with Crippen LogP contribution >= 0.6 is 0 Å². The Morgan fingerprint density at radius 1 is 1.30 bits per heavy atom. The van der Waals surface area contributed by atoms with E-state index in [9.17, 15) is 9.59 Å². The molecule has 5 heteroatoms. The van der Waals surface area contributed by atoms with Crippen LogP contribution in [-0.4, -0.2) is 29.6 Å². The molecule has 20 heavy (non-hydrogen) atoms. The van der Waals surface area contributed by atoms with Gasteiger partial charge in [-0.05, 0) is 30.7 Å². The Kier molecular flexibility index (Phi) is 5.99. The van der Waals surface area contributed by atoms with Gasteiger partial charge in [0.15, 0.2) is 0 Å². The number of nitrogens with two attached hydrogens (primary N) is 1. The number of rotatable bonds is 5. The Balaban J connectivity index is 2.71. The summed E-state index contributed by atoms with van der Waals surface area (Å²) in [6.45, 7) is 6.36. The highest BCUT2D eigenvalue weighted by molar-refractivity contribution is 5.80. The first kappa shape index (κ1) is 17.0. The fourth-order valence-corrected chi connectivity index (χ4v) is 2.86. The molecule has 1 amide bonds. The molecule has 116 valence electrons. The number of carboxylic acid groups (broad SMARTS) is 1. The van der Waals surface area contributed by atoms with Crippen molar-refractivity contribution >= 4 is 11.9 Å². The third-order valence-corrected chi connectivity index (χ3v) is 4.29. The summed E-state index contributed by atoms with van der Waals surface area (Å²) in [5.41, 5.74) is 5.48. The number of hydrogen-bond donors (Lipinski definition) is 3. The molecule has 1 aliphatic rings. The fraction of sp³-hybridized carbons (Fsp3) is 0.867. The summed E-state index contributed by atoms with van der Waals surface area (Å²) in [4.78, 5) is 23.4. The number of hydrogen-bond acceptors (Lipinski definition) is 3. The summed E-state index contributed by atoms with van der Waals surface area (Å²) in [5.74, 6) is -0.743. The van der Waals surface area contributed by atoms with Crippen LogP contribution in [0.4, 0.5) is 0 Å². The van der Waals surface area contributed by atoms with E-state index in [2.05, 4.69) is 5.32 Å². The highest BCUT2D eigenvalue weighted by Gasteiger charge is 2.34. The van der Waals surface area contributed by atoms with Crippen LogP contribution in [0.15, 0.2) is 0 Å². The van der Waals surface area contributed by atoms with Gasteiger partial charge in [-0.25, -0.2) is 0 Å². The van der Waals surface area contributed by atoms with Gasteiger partial charge in [0, 0.05) is 12.0 Å². The van der Waals surface area contributed by atoms with E-state index >= 15 is 0 Å². The van der Waals surface area contributed by atoms with Crippen LogP contribution in [0.2, 0.25) is 0 Å². The van der Waals surface area contributed by atoms with Crippen LogP contribution in [0.5, 0.6) is 0 Å². The standard InChI is InChI=1S/C15H28N2O3/c1-15(2,3)12(8-13(18)19)17-14(20)11-7-5-4-6-10(11)9-16/h10-12H,4-9,16H2,1-3H3,(H,17,20)(H,18,19). The first-order valence-corrected chi connectivity index (χ1v) is 7.48. The highest BCUT2D eigenvalue weighted by atomic mass is 16.4. The molecule has 1 rings (SSSR count). The van der Waals surface area contributed by atoms with Crippen molar-refractivity contribution in [1.29, 1.82) is 0 Å². The highest BCUT2D eigenvalue weighted by Crippen LogP contribution is 2.30. The zero-order valence-electron chi connectivity index (χ0n) is 12.8. The van der Waals surface area contributed by atoms with Gasteiger partial charge in [-0.1, -0.05) is 33.6 Å². The van der Waals surface area contributed by atoms with Crippen molar-refractivity contribution < 1.29 is 14.7 Å². The number of amides is 1. The predicted octanol–water partition coefficient (Wildman–Crippen LogP) is 1.76. The van der Waals surface area contributed by atoms with E-state index in [1.807, 2.05) is 20.8 Å². The van der Waals surface area contributed by atoms with Crippen LogP contribution in [0, 0.1) is 17.3 Å². The molecule has 0 aromatic heterocycles. The van der Waals surface area contributed by atoms with Crippen LogP contribution in [0.3, 0.4) is 0 Å². The maximum absolute atomic E-state index is 12.4. The molecule has 3 unspecified atom stereocenters. The lowest BCUT2D eigenvalue weighted by atomic mass is 9.77. The van der Waals surface area contributed by atoms with Crippen molar-refractivity contribution in [2.45, 2.75) is 58.9 Å². The van der Waals surface area contributed by atoms with Gasteiger partial charge in [-0.15, -0.1) is 0 Å². The first-order valence-electron chi connectivity index (χ1n) is 7.48. The Hall–Kier alpha value is -1.10. The minimum Gasteiger partial charge on any atom is -0.481 e. The minimum atomic E-state index is -0.885. The molecule has 0 spiro atoms. The Labute approximate surface area is 121 Å². The summed E-state index contributed by atoms with van der Waals surface area (Å²) in [6, 6.07) is -0.354. The number of nitrogens with one attached hydrogen (secondary N) is 1. The summed E-state index contributed by atoms with van der Waals surface area (Å²) < 4.78 is 0. The number of carbonyl (C=O) groups is 2. The van der Waals surface area contributed by atoms with Gasteiger partial charge in [-0.3, -0.25) is 9.59 Å². The molecule has 1 aliphatic carbocycles. The van der Waals surface area contributed by atoms with E-state index in [1.165, 1.54) is 0 Å². The third kappa shape index (κ3) is 4.78. The van der Waals surface area contributed by atoms with E-state index < -0.39 is 5.97 Å². The quantitative estimate of drug-likeness (QED) is 0.717. The van der Waals surface area contributed by atoms with E-state index in [-0.39, 0.29) is 35.6 Å². The first-order chi connectivity index (χ1) is 9.25. The second kappa shape index (κ2) is 7.07. The van der Waals surface area contributed by atoms with E-state index in [4.69, 9.17) is 10.8 Å². The van der Waals surface area contributed by atoms with Gasteiger partial charge in [0.05, 0.1) is 6.42 Å². The van der Waals surface area contributed by atoms with E-state index in [0.29, 0.717) is 6.54 Å². The van der Waals surface area contributed by atoms with Gasteiger partial charge in [-0.2, -0.15) is 0 Å². The summed E-state index contributed by atoms with van der Waals surface area (Å²) in [5, 5.41) is 11.9. The smallest absolute Gasteiger partial charge is 0.305 e. The Morgan fingerprint density at radius 3 is 2.40 bits per heavy atom. The monoisotopic (exact) mass is 284 g/mol. The van der Waals surface area contributed by atoms with Crippen LogP contribution < -0.4 is 11.1 Å². The van der Waals surface area contributed by atoms with Crippen molar-refractivity contribution in [2.24, 2.45) is 23.0 Å². The molecule has 0 aromatic rings. The molecule has 0 radical (unpaired) electrons. The Bertz CT molecular complexity index is 350. The van der Waals surface area contributed by atoms with Crippen LogP contribution in [0.1, 0.15) is 52.9 Å². The maximum Gasteiger partial charge on any atom is 0.305 e. The van der Waals surface area contributed by atoms with Crippen LogP contribution in [0.25, 0.3) is 0 Å². The summed E-state index contributed by atoms with van der Waals surface area (Å²) in [6.07, 6.45) is 3.98. The van der Waals surface area contributed by atoms with Crippen molar-refractivity contribution in [2.75, 3.05) is 6.54 Å². The second-order valence-corrected chi connectivity index (χ2v) is 6.91. The molecule has 4 N–H and O–H groups in total.